The molecule has 0 amide bonds. The van der Waals surface area contributed by atoms with E-state index < -0.39 is 0 Å². The van der Waals surface area contributed by atoms with Crippen LogP contribution in [0.15, 0.2) is 24.3 Å². The summed E-state index contributed by atoms with van der Waals surface area (Å²) in [5.41, 5.74) is 2.37. The summed E-state index contributed by atoms with van der Waals surface area (Å²) in [6.07, 6.45) is 3.57. The van der Waals surface area contributed by atoms with Gasteiger partial charge in [-0.1, -0.05) is 31.2 Å². The highest BCUT2D eigenvalue weighted by Gasteiger charge is 2.25. The molecule has 19 heavy (non-hydrogen) atoms. The smallest absolute Gasteiger partial charge is 0.327 e. The Morgan fingerprint density at radius 3 is 2.47 bits per heavy atom. The minimum atomic E-state index is -0.367. The first kappa shape index (κ1) is 14.1. The van der Waals surface area contributed by atoms with Crippen molar-refractivity contribution in [1.29, 1.82) is 0 Å². The predicted molar refractivity (Wildman–Crippen MR) is 76.1 cm³/mol. The molecule has 1 fully saturated rings. The Balaban J connectivity index is 2.13. The van der Waals surface area contributed by atoms with Crippen LogP contribution in [0.5, 0.6) is 0 Å². The van der Waals surface area contributed by atoms with Crippen molar-refractivity contribution < 1.29 is 9.53 Å². The van der Waals surface area contributed by atoms with Gasteiger partial charge in [0.15, 0.2) is 0 Å². The van der Waals surface area contributed by atoms with E-state index in [9.17, 15) is 4.79 Å². The molecule has 0 aromatic heterocycles. The minimum Gasteiger partial charge on any atom is -0.468 e. The van der Waals surface area contributed by atoms with Crippen molar-refractivity contribution in [2.75, 3.05) is 7.11 Å². The summed E-state index contributed by atoms with van der Waals surface area (Å²) in [5, 5.41) is 3.32. The molecule has 0 heterocycles. The van der Waals surface area contributed by atoms with E-state index in [2.05, 4.69) is 31.3 Å². The number of hydrogen-bond acceptors (Lipinski definition) is 3. The van der Waals surface area contributed by atoms with Crippen molar-refractivity contribution >= 4 is 5.97 Å². The van der Waals surface area contributed by atoms with Gasteiger partial charge in [-0.3, -0.25) is 5.32 Å². The van der Waals surface area contributed by atoms with Crippen molar-refractivity contribution in [3.8, 4) is 0 Å². The van der Waals surface area contributed by atoms with E-state index >= 15 is 0 Å². The number of carbonyl (C=O) groups is 1. The lowest BCUT2D eigenvalue weighted by Gasteiger charge is -2.21. The van der Waals surface area contributed by atoms with Gasteiger partial charge < -0.3 is 4.74 Å². The van der Waals surface area contributed by atoms with Gasteiger partial charge in [0.2, 0.25) is 0 Å². The van der Waals surface area contributed by atoms with Crippen LogP contribution in [-0.4, -0.2) is 19.1 Å². The number of carbonyl (C=O) groups excluding carboxylic acids is 1. The largest absolute Gasteiger partial charge is 0.468 e. The van der Waals surface area contributed by atoms with Crippen LogP contribution in [-0.2, 0) is 9.53 Å². The van der Waals surface area contributed by atoms with Crippen LogP contribution in [0.1, 0.15) is 56.2 Å². The molecule has 3 nitrogen and oxygen atoms in total. The van der Waals surface area contributed by atoms with Crippen LogP contribution in [0.4, 0.5) is 0 Å². The molecular formula is C16H23NO2. The zero-order valence-corrected chi connectivity index (χ0v) is 12.0. The second kappa shape index (κ2) is 6.20. The minimum absolute atomic E-state index is 0.223. The lowest BCUT2D eigenvalue weighted by Crippen LogP contribution is -2.35. The standard InChI is InChI=1S/C16H23NO2/c1-4-11(2)17-15(16(18)19-3)14-9-7-13(8-10-14)12-5-6-12/h7-12,15,17H,4-6H2,1-3H3. The van der Waals surface area contributed by atoms with Gasteiger partial charge in [0, 0.05) is 6.04 Å². The fraction of sp³-hybridized carbons (Fsp3) is 0.562. The maximum Gasteiger partial charge on any atom is 0.327 e. The van der Waals surface area contributed by atoms with E-state index in [-0.39, 0.29) is 18.1 Å². The number of rotatable bonds is 6. The van der Waals surface area contributed by atoms with Gasteiger partial charge in [0.05, 0.1) is 7.11 Å². The van der Waals surface area contributed by atoms with E-state index in [4.69, 9.17) is 4.74 Å². The molecule has 1 aliphatic rings. The lowest BCUT2D eigenvalue weighted by molar-refractivity contribution is -0.143. The molecule has 1 aromatic carbocycles. The molecule has 0 saturated heterocycles. The van der Waals surface area contributed by atoms with Crippen molar-refractivity contribution in [3.63, 3.8) is 0 Å². The Bertz CT molecular complexity index is 423. The maximum atomic E-state index is 11.9. The Kier molecular flexibility index (Phi) is 4.59. The van der Waals surface area contributed by atoms with Crippen molar-refractivity contribution in [2.45, 2.75) is 51.1 Å². The maximum absolute atomic E-state index is 11.9. The summed E-state index contributed by atoms with van der Waals surface area (Å²) >= 11 is 0. The first-order valence-electron chi connectivity index (χ1n) is 7.09. The van der Waals surface area contributed by atoms with Crippen molar-refractivity contribution in [3.05, 3.63) is 35.4 Å². The highest BCUT2D eigenvalue weighted by Crippen LogP contribution is 2.40. The van der Waals surface area contributed by atoms with E-state index in [0.717, 1.165) is 17.9 Å². The third kappa shape index (κ3) is 3.57. The van der Waals surface area contributed by atoms with Gasteiger partial charge in [-0.05, 0) is 43.2 Å². The predicted octanol–water partition coefficient (Wildman–Crippen LogP) is 3.17. The third-order valence-corrected chi connectivity index (χ3v) is 3.82. The Hall–Kier alpha value is -1.35. The Labute approximate surface area is 115 Å². The molecule has 1 aliphatic carbocycles. The van der Waals surface area contributed by atoms with Crippen LogP contribution in [0.3, 0.4) is 0 Å². The lowest BCUT2D eigenvalue weighted by atomic mass is 10.0. The molecule has 0 bridgehead atoms. The summed E-state index contributed by atoms with van der Waals surface area (Å²) < 4.78 is 4.90. The third-order valence-electron chi connectivity index (χ3n) is 3.82. The van der Waals surface area contributed by atoms with E-state index in [1.807, 2.05) is 12.1 Å². The van der Waals surface area contributed by atoms with Gasteiger partial charge in [0.25, 0.3) is 0 Å². The van der Waals surface area contributed by atoms with Crippen LogP contribution < -0.4 is 5.32 Å². The second-order valence-corrected chi connectivity index (χ2v) is 5.37. The van der Waals surface area contributed by atoms with Gasteiger partial charge in [-0.25, -0.2) is 4.79 Å². The summed E-state index contributed by atoms with van der Waals surface area (Å²) in [5.74, 6) is 0.521. The van der Waals surface area contributed by atoms with Crippen molar-refractivity contribution in [2.24, 2.45) is 0 Å². The van der Waals surface area contributed by atoms with Gasteiger partial charge in [0.1, 0.15) is 6.04 Å². The monoisotopic (exact) mass is 261 g/mol. The van der Waals surface area contributed by atoms with E-state index in [1.165, 1.54) is 25.5 Å². The Morgan fingerprint density at radius 1 is 1.37 bits per heavy atom. The molecular weight excluding hydrogens is 238 g/mol. The Morgan fingerprint density at radius 2 is 2.00 bits per heavy atom. The first-order chi connectivity index (χ1) is 9.15. The topological polar surface area (TPSA) is 38.3 Å². The molecule has 104 valence electrons. The molecule has 1 aromatic rings. The first-order valence-corrected chi connectivity index (χ1v) is 7.09. The zero-order valence-electron chi connectivity index (χ0n) is 12.0. The van der Waals surface area contributed by atoms with Gasteiger partial charge in [-0.2, -0.15) is 0 Å². The van der Waals surface area contributed by atoms with Crippen LogP contribution in [0.25, 0.3) is 0 Å². The SMILES string of the molecule is CCC(C)NC(C(=O)OC)c1ccc(C2CC2)cc1. The molecule has 2 rings (SSSR count). The van der Waals surface area contributed by atoms with E-state index in [1.54, 1.807) is 0 Å². The average Bonchev–Trinajstić information content (AvgIpc) is 3.28. The normalized spacial score (nSPS) is 17.8. The molecule has 0 aliphatic heterocycles. The molecule has 3 heteroatoms. The number of hydrogen-bond donors (Lipinski definition) is 1. The summed E-state index contributed by atoms with van der Waals surface area (Å²) in [6.45, 7) is 4.18. The number of methoxy groups -OCH3 is 1. The van der Waals surface area contributed by atoms with Crippen molar-refractivity contribution in [1.82, 2.24) is 5.32 Å². The molecule has 0 spiro atoms. The average molecular weight is 261 g/mol. The molecule has 0 radical (unpaired) electrons. The van der Waals surface area contributed by atoms with Gasteiger partial charge in [-0.15, -0.1) is 0 Å². The number of nitrogens with one attached hydrogen (secondary N) is 1. The highest BCUT2D eigenvalue weighted by molar-refractivity contribution is 5.77. The van der Waals surface area contributed by atoms with Gasteiger partial charge >= 0.3 is 5.97 Å². The second-order valence-electron chi connectivity index (χ2n) is 5.37. The van der Waals surface area contributed by atoms with Crippen LogP contribution in [0.2, 0.25) is 0 Å². The van der Waals surface area contributed by atoms with Crippen LogP contribution >= 0.6 is 0 Å². The fourth-order valence-electron chi connectivity index (χ4n) is 2.20. The van der Waals surface area contributed by atoms with E-state index in [0.29, 0.717) is 0 Å². The zero-order chi connectivity index (χ0) is 13.8. The molecule has 2 atom stereocenters. The number of ether oxygens (including phenoxy) is 1. The molecule has 1 saturated carbocycles. The summed E-state index contributed by atoms with van der Waals surface area (Å²) in [7, 11) is 1.44. The molecule has 2 unspecified atom stereocenters. The summed E-state index contributed by atoms with van der Waals surface area (Å²) in [6, 6.07) is 8.29. The highest BCUT2D eigenvalue weighted by atomic mass is 16.5. The fourth-order valence-corrected chi connectivity index (χ4v) is 2.20. The summed E-state index contributed by atoms with van der Waals surface area (Å²) in [4.78, 5) is 11.9. The quantitative estimate of drug-likeness (QED) is 0.799. The number of benzene rings is 1. The molecule has 1 N–H and O–H groups in total. The van der Waals surface area contributed by atoms with Crippen LogP contribution in [0, 0.1) is 0 Å². The number of esters is 1.